The minimum atomic E-state index is -0.399. The minimum Gasteiger partial charge on any atom is -0.326 e. The number of aryl methyl sites for hydroxylation is 1. The van der Waals surface area contributed by atoms with Gasteiger partial charge in [-0.1, -0.05) is 0 Å². The van der Waals surface area contributed by atoms with Crippen LogP contribution in [0.4, 0.5) is 8.78 Å². The fourth-order valence-corrected chi connectivity index (χ4v) is 2.37. The molecule has 1 aromatic carbocycles. The molecule has 0 amide bonds. The molecule has 0 bridgehead atoms. The van der Waals surface area contributed by atoms with Crippen LogP contribution >= 0.6 is 11.3 Å². The number of benzene rings is 1. The summed E-state index contributed by atoms with van der Waals surface area (Å²) in [6.07, 6.45) is 0. The van der Waals surface area contributed by atoms with Crippen molar-refractivity contribution < 1.29 is 8.78 Å². The van der Waals surface area contributed by atoms with Crippen molar-refractivity contribution in [3.05, 3.63) is 46.3 Å². The Morgan fingerprint density at radius 1 is 1.19 bits per heavy atom. The molecular weight excluding hydrogens is 228 g/mol. The van der Waals surface area contributed by atoms with E-state index in [1.165, 1.54) is 23.5 Å². The van der Waals surface area contributed by atoms with Crippen LogP contribution in [0.5, 0.6) is 0 Å². The van der Waals surface area contributed by atoms with Crippen molar-refractivity contribution in [2.45, 2.75) is 13.5 Å². The lowest BCUT2D eigenvalue weighted by molar-refractivity contribution is 0.595. The first-order valence-electron chi connectivity index (χ1n) is 4.86. The van der Waals surface area contributed by atoms with E-state index in [-0.39, 0.29) is 5.82 Å². The summed E-state index contributed by atoms with van der Waals surface area (Å²) in [5.41, 5.74) is 6.09. The van der Waals surface area contributed by atoms with Crippen molar-refractivity contribution in [3.63, 3.8) is 0 Å². The molecule has 0 aliphatic heterocycles. The Morgan fingerprint density at radius 2 is 1.94 bits per heavy atom. The summed E-state index contributed by atoms with van der Waals surface area (Å²) in [7, 11) is 0. The van der Waals surface area contributed by atoms with Gasteiger partial charge in [-0.25, -0.2) is 8.78 Å². The fraction of sp³-hybridized carbons (Fsp3) is 0.167. The normalized spacial score (nSPS) is 10.8. The van der Waals surface area contributed by atoms with E-state index in [0.29, 0.717) is 22.5 Å². The van der Waals surface area contributed by atoms with Crippen LogP contribution < -0.4 is 5.73 Å². The highest BCUT2D eigenvalue weighted by atomic mass is 32.1. The molecule has 4 heteroatoms. The SMILES string of the molecule is Cc1cc(F)c(-c2ccc(CN)s2)cc1F. The number of hydrogen-bond donors (Lipinski definition) is 1. The van der Waals surface area contributed by atoms with Crippen LogP contribution in [0.3, 0.4) is 0 Å². The summed E-state index contributed by atoms with van der Waals surface area (Å²) in [6.45, 7) is 1.96. The monoisotopic (exact) mass is 239 g/mol. The van der Waals surface area contributed by atoms with Crippen molar-refractivity contribution in [2.24, 2.45) is 5.73 Å². The highest BCUT2D eigenvalue weighted by Crippen LogP contribution is 2.31. The molecule has 84 valence electrons. The number of hydrogen-bond acceptors (Lipinski definition) is 2. The molecule has 0 saturated carbocycles. The van der Waals surface area contributed by atoms with Crippen LogP contribution in [-0.2, 0) is 6.54 Å². The van der Waals surface area contributed by atoms with E-state index in [4.69, 9.17) is 5.73 Å². The topological polar surface area (TPSA) is 26.0 Å². The van der Waals surface area contributed by atoms with Gasteiger partial charge in [0.1, 0.15) is 11.6 Å². The van der Waals surface area contributed by atoms with E-state index in [0.717, 1.165) is 4.88 Å². The zero-order valence-corrected chi connectivity index (χ0v) is 9.57. The van der Waals surface area contributed by atoms with Crippen LogP contribution in [0.15, 0.2) is 24.3 Å². The van der Waals surface area contributed by atoms with Gasteiger partial charge in [0.25, 0.3) is 0 Å². The average molecular weight is 239 g/mol. The summed E-state index contributed by atoms with van der Waals surface area (Å²) in [5, 5.41) is 0. The van der Waals surface area contributed by atoms with Gasteiger partial charge in [0.2, 0.25) is 0 Å². The van der Waals surface area contributed by atoms with Gasteiger partial charge in [0, 0.05) is 21.9 Å². The Hall–Kier alpha value is -1.26. The molecule has 2 aromatic rings. The van der Waals surface area contributed by atoms with Gasteiger partial charge in [0.15, 0.2) is 0 Å². The molecule has 0 radical (unpaired) electrons. The predicted octanol–water partition coefficient (Wildman–Crippen LogP) is 3.46. The Bertz CT molecular complexity index is 520. The summed E-state index contributed by atoms with van der Waals surface area (Å²) >= 11 is 1.38. The number of nitrogens with two attached hydrogens (primary N) is 1. The van der Waals surface area contributed by atoms with E-state index >= 15 is 0 Å². The first-order chi connectivity index (χ1) is 7.61. The molecule has 2 N–H and O–H groups in total. The molecule has 0 aliphatic rings. The second-order valence-electron chi connectivity index (χ2n) is 3.55. The maximum atomic E-state index is 13.6. The van der Waals surface area contributed by atoms with Gasteiger partial charge in [-0.15, -0.1) is 11.3 Å². The molecule has 2 rings (SSSR count). The Morgan fingerprint density at radius 3 is 2.56 bits per heavy atom. The van der Waals surface area contributed by atoms with Crippen LogP contribution in [0.2, 0.25) is 0 Å². The number of thiophene rings is 1. The molecule has 16 heavy (non-hydrogen) atoms. The van der Waals surface area contributed by atoms with Gasteiger partial charge in [-0.2, -0.15) is 0 Å². The van der Waals surface area contributed by atoms with Crippen molar-refractivity contribution in [1.82, 2.24) is 0 Å². The molecule has 0 aliphatic carbocycles. The Kier molecular flexibility index (Phi) is 3.03. The van der Waals surface area contributed by atoms with Gasteiger partial charge < -0.3 is 5.73 Å². The fourth-order valence-electron chi connectivity index (χ4n) is 1.47. The van der Waals surface area contributed by atoms with Gasteiger partial charge in [0.05, 0.1) is 0 Å². The summed E-state index contributed by atoms with van der Waals surface area (Å²) in [6, 6.07) is 6.04. The van der Waals surface area contributed by atoms with E-state index in [1.54, 1.807) is 13.0 Å². The van der Waals surface area contributed by atoms with Crippen molar-refractivity contribution in [2.75, 3.05) is 0 Å². The van der Waals surface area contributed by atoms with Gasteiger partial charge in [-0.05, 0) is 36.8 Å². The molecule has 0 fully saturated rings. The lowest BCUT2D eigenvalue weighted by Crippen LogP contribution is -1.91. The Labute approximate surface area is 96.5 Å². The molecule has 1 nitrogen and oxygen atoms in total. The van der Waals surface area contributed by atoms with E-state index < -0.39 is 5.82 Å². The highest BCUT2D eigenvalue weighted by Gasteiger charge is 2.11. The second kappa shape index (κ2) is 4.31. The van der Waals surface area contributed by atoms with E-state index in [1.807, 2.05) is 6.07 Å². The third kappa shape index (κ3) is 1.99. The third-order valence-corrected chi connectivity index (χ3v) is 3.52. The van der Waals surface area contributed by atoms with E-state index in [2.05, 4.69) is 0 Å². The molecular formula is C12H11F2NS. The molecule has 1 aromatic heterocycles. The second-order valence-corrected chi connectivity index (χ2v) is 4.72. The van der Waals surface area contributed by atoms with E-state index in [9.17, 15) is 8.78 Å². The molecule has 0 atom stereocenters. The van der Waals surface area contributed by atoms with Crippen molar-refractivity contribution >= 4 is 11.3 Å². The molecule has 1 heterocycles. The third-order valence-electron chi connectivity index (χ3n) is 2.38. The predicted molar refractivity (Wildman–Crippen MR) is 62.3 cm³/mol. The van der Waals surface area contributed by atoms with Crippen LogP contribution in [0.25, 0.3) is 10.4 Å². The maximum absolute atomic E-state index is 13.6. The Balaban J connectivity index is 2.51. The first-order valence-corrected chi connectivity index (χ1v) is 5.68. The van der Waals surface area contributed by atoms with Crippen LogP contribution in [-0.4, -0.2) is 0 Å². The lowest BCUT2D eigenvalue weighted by atomic mass is 10.1. The van der Waals surface area contributed by atoms with Crippen LogP contribution in [0, 0.1) is 18.6 Å². The molecule has 0 saturated heterocycles. The van der Waals surface area contributed by atoms with Crippen molar-refractivity contribution in [3.8, 4) is 10.4 Å². The summed E-state index contributed by atoms with van der Waals surface area (Å²) < 4.78 is 27.0. The standard InChI is InChI=1S/C12H11F2NS/c1-7-4-11(14)9(5-10(7)13)12-3-2-8(6-15)16-12/h2-5H,6,15H2,1H3. The first kappa shape index (κ1) is 11.2. The van der Waals surface area contributed by atoms with Crippen LogP contribution in [0.1, 0.15) is 10.4 Å². The quantitative estimate of drug-likeness (QED) is 0.853. The largest absolute Gasteiger partial charge is 0.326 e. The molecule has 0 unspecified atom stereocenters. The lowest BCUT2D eigenvalue weighted by Gasteiger charge is -2.03. The van der Waals surface area contributed by atoms with Crippen molar-refractivity contribution in [1.29, 1.82) is 0 Å². The zero-order chi connectivity index (χ0) is 11.7. The number of rotatable bonds is 2. The minimum absolute atomic E-state index is 0.299. The number of halogens is 2. The highest BCUT2D eigenvalue weighted by molar-refractivity contribution is 7.15. The summed E-state index contributed by atoms with van der Waals surface area (Å²) in [4.78, 5) is 1.66. The summed E-state index contributed by atoms with van der Waals surface area (Å²) in [5.74, 6) is -0.789. The average Bonchev–Trinajstić information content (AvgIpc) is 2.71. The zero-order valence-electron chi connectivity index (χ0n) is 8.76. The molecule has 0 spiro atoms. The smallest absolute Gasteiger partial charge is 0.132 e. The van der Waals surface area contributed by atoms with Gasteiger partial charge in [-0.3, -0.25) is 0 Å². The maximum Gasteiger partial charge on any atom is 0.132 e. The van der Waals surface area contributed by atoms with Gasteiger partial charge >= 0.3 is 0 Å².